The van der Waals surface area contributed by atoms with Crippen LogP contribution in [-0.4, -0.2) is 13.1 Å². The summed E-state index contributed by atoms with van der Waals surface area (Å²) in [6.07, 6.45) is 7.85. The highest BCUT2D eigenvalue weighted by Crippen LogP contribution is 2.23. The van der Waals surface area contributed by atoms with Gasteiger partial charge < -0.3 is 4.90 Å². The van der Waals surface area contributed by atoms with E-state index in [0.717, 1.165) is 0 Å². The Kier molecular flexibility index (Phi) is 6.59. The molecule has 1 nitrogen and oxygen atoms in total. The molecule has 0 amide bonds. The summed E-state index contributed by atoms with van der Waals surface area (Å²) in [4.78, 5) is 2.58. The van der Waals surface area contributed by atoms with E-state index in [1.54, 1.807) is 0 Å². The summed E-state index contributed by atoms with van der Waals surface area (Å²) in [5.74, 6) is 0. The van der Waals surface area contributed by atoms with E-state index in [4.69, 9.17) is 0 Å². The Morgan fingerprint density at radius 3 is 1.95 bits per heavy atom. The van der Waals surface area contributed by atoms with Gasteiger partial charge in [-0.25, -0.2) is 0 Å². The quantitative estimate of drug-likeness (QED) is 0.508. The lowest BCUT2D eigenvalue weighted by atomic mass is 10.1. The smallest absolute Gasteiger partial charge is 0.0372 e. The molecule has 0 fully saturated rings. The van der Waals surface area contributed by atoms with E-state index < -0.39 is 0 Å². The number of fused-ring (bicyclic) bond motifs is 1. The van der Waals surface area contributed by atoms with Crippen LogP contribution in [0.25, 0.3) is 10.8 Å². The largest absolute Gasteiger partial charge is 0.372 e. The number of benzene rings is 2. The minimum Gasteiger partial charge on any atom is -0.372 e. The van der Waals surface area contributed by atoms with E-state index in [2.05, 4.69) is 61.2 Å². The third kappa shape index (κ3) is 4.77. The molecule has 0 saturated heterocycles. The van der Waals surface area contributed by atoms with Crippen molar-refractivity contribution in [3.05, 3.63) is 42.5 Å². The lowest BCUT2D eigenvalue weighted by Gasteiger charge is -2.25. The maximum absolute atomic E-state index is 2.58. The molecule has 0 atom stereocenters. The van der Waals surface area contributed by atoms with E-state index in [1.165, 1.54) is 68.1 Å². The van der Waals surface area contributed by atoms with Gasteiger partial charge in [0.25, 0.3) is 0 Å². The topological polar surface area (TPSA) is 3.24 Å². The zero-order chi connectivity index (χ0) is 14.9. The molecule has 0 aliphatic carbocycles. The summed E-state index contributed by atoms with van der Waals surface area (Å²) in [5.41, 5.74) is 1.39. The van der Waals surface area contributed by atoms with Gasteiger partial charge in [0.1, 0.15) is 0 Å². The lowest BCUT2D eigenvalue weighted by molar-refractivity contribution is 0.637. The fourth-order valence-corrected chi connectivity index (χ4v) is 2.85. The first-order chi connectivity index (χ1) is 10.3. The monoisotopic (exact) mass is 283 g/mol. The first-order valence-corrected chi connectivity index (χ1v) is 8.59. The minimum atomic E-state index is 1.19. The summed E-state index contributed by atoms with van der Waals surface area (Å²) in [6.45, 7) is 6.93. The van der Waals surface area contributed by atoms with Crippen LogP contribution in [0.2, 0.25) is 0 Å². The molecule has 0 radical (unpaired) electrons. The van der Waals surface area contributed by atoms with Crippen molar-refractivity contribution in [2.24, 2.45) is 0 Å². The van der Waals surface area contributed by atoms with Gasteiger partial charge in [-0.1, -0.05) is 69.9 Å². The number of unbranched alkanes of at least 4 members (excludes halogenated alkanes) is 4. The molecule has 0 aliphatic rings. The molecular formula is C20H29N. The molecule has 0 spiro atoms. The summed E-state index contributed by atoms with van der Waals surface area (Å²) in [5, 5.41) is 2.69. The second kappa shape index (κ2) is 8.71. The van der Waals surface area contributed by atoms with Crippen LogP contribution in [0.4, 0.5) is 5.69 Å². The number of rotatable bonds is 9. The predicted molar refractivity (Wildman–Crippen MR) is 95.2 cm³/mol. The second-order valence-corrected chi connectivity index (χ2v) is 5.93. The first-order valence-electron chi connectivity index (χ1n) is 8.59. The van der Waals surface area contributed by atoms with Crippen molar-refractivity contribution < 1.29 is 0 Å². The molecule has 0 aliphatic heterocycles. The lowest BCUT2D eigenvalue weighted by Crippen LogP contribution is -2.25. The average Bonchev–Trinajstić information content (AvgIpc) is 2.53. The predicted octanol–water partition coefficient (Wildman–Crippen LogP) is 6.03. The summed E-state index contributed by atoms with van der Waals surface area (Å²) < 4.78 is 0. The number of hydrogen-bond acceptors (Lipinski definition) is 1. The van der Waals surface area contributed by atoms with Crippen LogP contribution < -0.4 is 4.90 Å². The molecule has 0 unspecified atom stereocenters. The highest BCUT2D eigenvalue weighted by molar-refractivity contribution is 5.85. The molecule has 0 bridgehead atoms. The molecule has 0 N–H and O–H groups in total. The number of anilines is 1. The summed E-state index contributed by atoms with van der Waals surface area (Å²) in [6, 6.07) is 15.6. The van der Waals surface area contributed by atoms with Crippen LogP contribution in [0.3, 0.4) is 0 Å². The van der Waals surface area contributed by atoms with Gasteiger partial charge >= 0.3 is 0 Å². The van der Waals surface area contributed by atoms with Gasteiger partial charge in [0, 0.05) is 18.8 Å². The Labute approximate surface area is 130 Å². The van der Waals surface area contributed by atoms with Gasteiger partial charge in [-0.15, -0.1) is 0 Å². The normalized spacial score (nSPS) is 11.0. The molecule has 2 aromatic rings. The first kappa shape index (κ1) is 15.9. The Morgan fingerprint density at radius 2 is 1.33 bits per heavy atom. The average molecular weight is 283 g/mol. The van der Waals surface area contributed by atoms with E-state index in [1.807, 2.05) is 0 Å². The zero-order valence-electron chi connectivity index (χ0n) is 13.6. The van der Waals surface area contributed by atoms with E-state index in [9.17, 15) is 0 Å². The molecule has 1 heteroatoms. The van der Waals surface area contributed by atoms with Crippen LogP contribution in [0.15, 0.2) is 42.5 Å². The maximum atomic E-state index is 2.58. The Morgan fingerprint density at radius 1 is 0.714 bits per heavy atom. The molecule has 2 aromatic carbocycles. The van der Waals surface area contributed by atoms with Crippen LogP contribution in [-0.2, 0) is 0 Å². The third-order valence-electron chi connectivity index (χ3n) is 4.16. The number of hydrogen-bond donors (Lipinski definition) is 0. The standard InChI is InChI=1S/C20H29N/c1-3-5-9-15-21(16-10-6-4-2)20-14-13-18-11-7-8-12-19(18)17-20/h7-8,11-14,17H,3-6,9-10,15-16H2,1-2H3. The van der Waals surface area contributed by atoms with E-state index >= 15 is 0 Å². The molecule has 2 rings (SSSR count). The van der Waals surface area contributed by atoms with Gasteiger partial charge in [0.15, 0.2) is 0 Å². The Bertz CT molecular complexity index is 522. The third-order valence-corrected chi connectivity index (χ3v) is 4.16. The van der Waals surface area contributed by atoms with Gasteiger partial charge in [-0.05, 0) is 35.7 Å². The van der Waals surface area contributed by atoms with Crippen LogP contribution in [0.5, 0.6) is 0 Å². The van der Waals surface area contributed by atoms with Crippen molar-refractivity contribution >= 4 is 16.5 Å². The minimum absolute atomic E-state index is 1.19. The SMILES string of the molecule is CCCCCN(CCCCC)c1ccc2ccccc2c1. The van der Waals surface area contributed by atoms with Crippen LogP contribution in [0, 0.1) is 0 Å². The maximum Gasteiger partial charge on any atom is 0.0372 e. The Hall–Kier alpha value is -1.50. The molecule has 0 aromatic heterocycles. The van der Waals surface area contributed by atoms with Gasteiger partial charge in [-0.2, -0.15) is 0 Å². The molecule has 21 heavy (non-hydrogen) atoms. The second-order valence-electron chi connectivity index (χ2n) is 5.93. The summed E-state index contributed by atoms with van der Waals surface area (Å²) in [7, 11) is 0. The van der Waals surface area contributed by atoms with E-state index in [0.29, 0.717) is 0 Å². The van der Waals surface area contributed by atoms with Crippen LogP contribution >= 0.6 is 0 Å². The van der Waals surface area contributed by atoms with Crippen molar-refractivity contribution in [3.8, 4) is 0 Å². The van der Waals surface area contributed by atoms with Gasteiger partial charge in [0.2, 0.25) is 0 Å². The fourth-order valence-electron chi connectivity index (χ4n) is 2.85. The van der Waals surface area contributed by atoms with Gasteiger partial charge in [0.05, 0.1) is 0 Å². The highest BCUT2D eigenvalue weighted by atomic mass is 15.1. The Balaban J connectivity index is 2.11. The fraction of sp³-hybridized carbons (Fsp3) is 0.500. The highest BCUT2D eigenvalue weighted by Gasteiger charge is 2.06. The van der Waals surface area contributed by atoms with Crippen molar-refractivity contribution in [1.82, 2.24) is 0 Å². The summed E-state index contributed by atoms with van der Waals surface area (Å²) >= 11 is 0. The van der Waals surface area contributed by atoms with E-state index in [-0.39, 0.29) is 0 Å². The van der Waals surface area contributed by atoms with Gasteiger partial charge in [-0.3, -0.25) is 0 Å². The molecule has 0 saturated carbocycles. The number of nitrogens with zero attached hydrogens (tertiary/aromatic N) is 1. The van der Waals surface area contributed by atoms with Crippen LogP contribution in [0.1, 0.15) is 52.4 Å². The van der Waals surface area contributed by atoms with Crippen molar-refractivity contribution in [2.75, 3.05) is 18.0 Å². The molecular weight excluding hydrogens is 254 g/mol. The van der Waals surface area contributed by atoms with Crippen molar-refractivity contribution in [3.63, 3.8) is 0 Å². The molecule has 0 heterocycles. The molecule has 114 valence electrons. The van der Waals surface area contributed by atoms with Crippen molar-refractivity contribution in [2.45, 2.75) is 52.4 Å². The van der Waals surface area contributed by atoms with Crippen molar-refractivity contribution in [1.29, 1.82) is 0 Å². The zero-order valence-corrected chi connectivity index (χ0v) is 13.6.